The second-order valence-corrected chi connectivity index (χ2v) is 8.99. The first-order valence-corrected chi connectivity index (χ1v) is 11.1. The second-order valence-electron chi connectivity index (χ2n) is 8.99. The monoisotopic (exact) mass is 477 g/mol. The van der Waals surface area contributed by atoms with Gasteiger partial charge in [0.25, 0.3) is 5.91 Å². The summed E-state index contributed by atoms with van der Waals surface area (Å²) >= 11 is 0. The van der Waals surface area contributed by atoms with E-state index < -0.39 is 11.4 Å². The number of amides is 1. The molecule has 2 aliphatic carbocycles. The van der Waals surface area contributed by atoms with Crippen molar-refractivity contribution >= 4 is 28.6 Å². The van der Waals surface area contributed by atoms with Gasteiger partial charge in [-0.3, -0.25) is 14.4 Å². The Hall–Kier alpha value is -4.21. The Morgan fingerprint density at radius 3 is 2.51 bits per heavy atom. The Morgan fingerprint density at radius 2 is 1.83 bits per heavy atom. The Bertz CT molecular complexity index is 1480. The molecule has 2 atom stereocenters. The van der Waals surface area contributed by atoms with Gasteiger partial charge in [0.2, 0.25) is 17.4 Å². The van der Waals surface area contributed by atoms with Gasteiger partial charge < -0.3 is 33.8 Å². The number of likely N-dealkylation sites (tertiary alicyclic amines) is 1. The highest BCUT2D eigenvalue weighted by Crippen LogP contribution is 2.67. The highest BCUT2D eigenvalue weighted by Gasteiger charge is 2.68. The number of ketones is 1. The molecule has 1 saturated carbocycles. The number of ether oxygens (including phenoxy) is 4. The zero-order chi connectivity index (χ0) is 24.6. The number of carbonyl (C=O) groups excluding carboxylic acids is 3. The van der Waals surface area contributed by atoms with Gasteiger partial charge in [0.1, 0.15) is 5.69 Å². The zero-order valence-corrected chi connectivity index (χ0v) is 19.6. The van der Waals surface area contributed by atoms with Crippen LogP contribution >= 0.6 is 0 Å². The summed E-state index contributed by atoms with van der Waals surface area (Å²) in [6.07, 6.45) is 2.35. The lowest BCUT2D eigenvalue weighted by atomic mass is 9.85. The normalized spacial score (nSPS) is 21.7. The van der Waals surface area contributed by atoms with E-state index >= 15 is 0 Å². The predicted molar refractivity (Wildman–Crippen MR) is 123 cm³/mol. The lowest BCUT2D eigenvalue weighted by Gasteiger charge is -2.27. The van der Waals surface area contributed by atoms with Crippen molar-refractivity contribution in [1.82, 2.24) is 14.9 Å². The van der Waals surface area contributed by atoms with Crippen molar-refractivity contribution in [2.75, 3.05) is 27.9 Å². The number of carbonyl (C=O) groups is 3. The topological polar surface area (TPSA) is 123 Å². The van der Waals surface area contributed by atoms with Crippen molar-refractivity contribution in [2.45, 2.75) is 18.8 Å². The van der Waals surface area contributed by atoms with Crippen molar-refractivity contribution in [3.05, 3.63) is 46.9 Å². The molecule has 10 heteroatoms. The number of hydrogen-bond donors (Lipinski definition) is 2. The van der Waals surface area contributed by atoms with Crippen LogP contribution in [0, 0.1) is 5.92 Å². The Morgan fingerprint density at radius 1 is 1.06 bits per heavy atom. The Labute approximate surface area is 199 Å². The molecule has 0 radical (unpaired) electrons. The van der Waals surface area contributed by atoms with E-state index in [-0.39, 0.29) is 23.5 Å². The van der Waals surface area contributed by atoms with Crippen LogP contribution in [-0.2, 0) is 10.2 Å². The van der Waals surface area contributed by atoms with E-state index in [4.69, 9.17) is 18.9 Å². The number of aromatic nitrogens is 2. The second kappa shape index (κ2) is 7.14. The number of nitrogens with zero attached hydrogens (tertiary/aromatic N) is 1. The maximum atomic E-state index is 13.7. The highest BCUT2D eigenvalue weighted by molar-refractivity contribution is 6.09. The number of rotatable bonds is 5. The van der Waals surface area contributed by atoms with E-state index in [0.717, 1.165) is 17.4 Å². The van der Waals surface area contributed by atoms with Crippen LogP contribution in [0.2, 0.25) is 0 Å². The minimum Gasteiger partial charge on any atom is -0.493 e. The van der Waals surface area contributed by atoms with Gasteiger partial charge in [-0.25, -0.2) is 0 Å². The average Bonchev–Trinajstić information content (AvgIpc) is 3.14. The summed E-state index contributed by atoms with van der Waals surface area (Å²) < 4.78 is 21.6. The lowest BCUT2D eigenvalue weighted by Crippen LogP contribution is -2.33. The Kier molecular flexibility index (Phi) is 4.35. The fraction of sp³-hybridized carbons (Fsp3) is 0.320. The molecular formula is C25H23N3O7. The minimum absolute atomic E-state index is 0.185. The summed E-state index contributed by atoms with van der Waals surface area (Å²) in [7, 11) is 4.58. The fourth-order valence-corrected chi connectivity index (χ4v) is 5.68. The number of H-pyrrole nitrogens is 2. The number of esters is 1. The van der Waals surface area contributed by atoms with Crippen LogP contribution in [0.3, 0.4) is 0 Å². The smallest absolute Gasteiger partial charge is 0.309 e. The van der Waals surface area contributed by atoms with Gasteiger partial charge in [-0.05, 0) is 30.0 Å². The molecule has 1 aliphatic heterocycles. The molecule has 2 N–H and O–H groups in total. The van der Waals surface area contributed by atoms with Gasteiger partial charge in [0, 0.05) is 42.1 Å². The maximum Gasteiger partial charge on any atom is 0.309 e. The van der Waals surface area contributed by atoms with Crippen LogP contribution in [0.15, 0.2) is 30.0 Å². The van der Waals surface area contributed by atoms with Crippen LogP contribution in [0.25, 0.3) is 10.9 Å². The van der Waals surface area contributed by atoms with E-state index in [1.807, 2.05) is 0 Å². The first kappa shape index (κ1) is 21.3. The van der Waals surface area contributed by atoms with E-state index in [9.17, 15) is 14.4 Å². The van der Waals surface area contributed by atoms with Crippen molar-refractivity contribution in [3.63, 3.8) is 0 Å². The van der Waals surface area contributed by atoms with Crippen LogP contribution < -0.4 is 18.9 Å². The van der Waals surface area contributed by atoms with Gasteiger partial charge >= 0.3 is 5.97 Å². The summed E-state index contributed by atoms with van der Waals surface area (Å²) in [5.74, 6) is 0.798. The molecule has 2 aromatic heterocycles. The number of allylic oxidation sites excluding steroid dienone is 2. The number of benzene rings is 1. The van der Waals surface area contributed by atoms with Crippen LogP contribution in [0.5, 0.6) is 23.1 Å². The molecule has 1 saturated heterocycles. The predicted octanol–water partition coefficient (Wildman–Crippen LogP) is 2.94. The van der Waals surface area contributed by atoms with E-state index in [1.165, 1.54) is 34.3 Å². The van der Waals surface area contributed by atoms with Crippen molar-refractivity contribution in [2.24, 2.45) is 5.92 Å². The standard InChI is InChI=1S/C25H23N3O7/c1-11(29)35-19-7-14-21(27-19)16(30)8-18-25(14)9-13(25)10-28(18)24(31)15-5-12-6-17(32-2)22(33-3)23(34-4)20(12)26-15/h5-8,13,26-27H,9-10H2,1-4H3/t13-,25?/m1/s1. The third kappa shape index (κ3) is 2.79. The quantitative estimate of drug-likeness (QED) is 0.542. The van der Waals surface area contributed by atoms with E-state index in [1.54, 1.807) is 23.1 Å². The summed E-state index contributed by atoms with van der Waals surface area (Å²) in [5, 5.41) is 0.731. The largest absolute Gasteiger partial charge is 0.493 e. The number of hydrogen-bond acceptors (Lipinski definition) is 7. The van der Waals surface area contributed by atoms with E-state index in [0.29, 0.717) is 46.4 Å². The van der Waals surface area contributed by atoms with Gasteiger partial charge in [-0.2, -0.15) is 0 Å². The van der Waals surface area contributed by atoms with Crippen molar-refractivity contribution in [1.29, 1.82) is 0 Å². The zero-order valence-electron chi connectivity index (χ0n) is 19.6. The van der Waals surface area contributed by atoms with E-state index in [2.05, 4.69) is 9.97 Å². The highest BCUT2D eigenvalue weighted by atomic mass is 16.5. The molecule has 180 valence electrons. The third-order valence-corrected chi connectivity index (χ3v) is 7.19. The first-order chi connectivity index (χ1) is 16.8. The molecule has 2 fully saturated rings. The number of piperidine rings is 1. The molecule has 10 nitrogen and oxygen atoms in total. The molecule has 6 rings (SSSR count). The first-order valence-electron chi connectivity index (χ1n) is 11.1. The number of aromatic amines is 2. The summed E-state index contributed by atoms with van der Waals surface area (Å²) in [4.78, 5) is 45.8. The summed E-state index contributed by atoms with van der Waals surface area (Å²) in [5.41, 5.74) is 2.42. The number of fused-ring (bicyclic) bond motifs is 2. The van der Waals surface area contributed by atoms with Crippen molar-refractivity contribution in [3.8, 4) is 23.1 Å². The van der Waals surface area contributed by atoms with Crippen LogP contribution in [0.4, 0.5) is 0 Å². The third-order valence-electron chi connectivity index (χ3n) is 7.19. The molecule has 1 spiro atoms. The minimum atomic E-state index is -0.472. The lowest BCUT2D eigenvalue weighted by molar-refractivity contribution is -0.132. The van der Waals surface area contributed by atoms with Crippen LogP contribution in [-0.4, -0.2) is 60.4 Å². The molecule has 3 aromatic rings. The fourth-order valence-electron chi connectivity index (χ4n) is 5.68. The molecule has 0 bridgehead atoms. The SMILES string of the molecule is COc1cc2cc(C(=O)N3C[C@H]4CC45C3=CC(=O)c3[nH]c(OC(C)=O)cc35)[nH]c2c(OC)c1OC. The molecule has 1 unspecified atom stereocenters. The van der Waals surface area contributed by atoms with Gasteiger partial charge in [-0.1, -0.05) is 0 Å². The van der Waals surface area contributed by atoms with Crippen LogP contribution in [0.1, 0.15) is 39.9 Å². The molecule has 3 heterocycles. The maximum absolute atomic E-state index is 13.7. The van der Waals surface area contributed by atoms with Crippen molar-refractivity contribution < 1.29 is 33.3 Å². The molecular weight excluding hydrogens is 454 g/mol. The molecule has 3 aliphatic rings. The van der Waals surface area contributed by atoms with Gasteiger partial charge in [-0.15, -0.1) is 0 Å². The van der Waals surface area contributed by atoms with Gasteiger partial charge in [0.05, 0.1) is 32.5 Å². The number of nitrogens with one attached hydrogen (secondary N) is 2. The molecule has 1 aromatic carbocycles. The summed E-state index contributed by atoms with van der Waals surface area (Å²) in [6.45, 7) is 1.80. The molecule has 1 amide bonds. The average molecular weight is 477 g/mol. The molecule has 35 heavy (non-hydrogen) atoms. The Balaban J connectivity index is 1.39. The summed E-state index contributed by atoms with van der Waals surface area (Å²) in [6, 6.07) is 5.23. The number of methoxy groups -OCH3 is 3. The van der Waals surface area contributed by atoms with Gasteiger partial charge in [0.15, 0.2) is 11.5 Å².